The van der Waals surface area contributed by atoms with Crippen LogP contribution in [0.15, 0.2) is 139 Å². The molecular weight excluding hydrogens is 809 g/mol. The molecule has 6 aromatic rings. The average Bonchev–Trinajstić information content (AvgIpc) is 3.04. The Balaban J connectivity index is 1.41. The van der Waals surface area contributed by atoms with E-state index in [9.17, 15) is 59.6 Å². The van der Waals surface area contributed by atoms with Crippen molar-refractivity contribution in [3.05, 3.63) is 109 Å². The Morgan fingerprint density at radius 2 is 0.462 bits per heavy atom. The SMILES string of the molecule is O=S(=O)(O)c1cccc2c(S(=O)(=O)OS(=O)(=O)c3cccc4c(S(=O)(=O)OS(=O)(=O)c5cccc6c(S(=O)(=O)O)cccc56)cccc34)cccc12. The third-order valence-electron chi connectivity index (χ3n) is 7.52. The van der Waals surface area contributed by atoms with E-state index in [1.807, 2.05) is 0 Å². The van der Waals surface area contributed by atoms with Gasteiger partial charge in [0.15, 0.2) is 0 Å². The Morgan fingerprint density at radius 1 is 0.288 bits per heavy atom. The zero-order valence-corrected chi connectivity index (χ0v) is 30.4. The van der Waals surface area contributed by atoms with Gasteiger partial charge in [-0.15, -0.1) is 7.26 Å². The minimum atomic E-state index is -5.36. The first-order chi connectivity index (χ1) is 24.0. The molecule has 0 saturated carbocycles. The first-order valence-electron chi connectivity index (χ1n) is 14.0. The number of rotatable bonds is 10. The lowest BCUT2D eigenvalue weighted by atomic mass is 10.1. The maximum atomic E-state index is 13.5. The molecule has 22 heteroatoms. The highest BCUT2D eigenvalue weighted by Gasteiger charge is 2.33. The monoisotopic (exact) mass is 828 g/mol. The molecule has 0 radical (unpaired) electrons. The van der Waals surface area contributed by atoms with Crippen molar-refractivity contribution in [3.63, 3.8) is 0 Å². The lowest BCUT2D eigenvalue weighted by Gasteiger charge is -2.13. The van der Waals surface area contributed by atoms with Crippen LogP contribution in [-0.2, 0) is 68.0 Å². The lowest BCUT2D eigenvalue weighted by molar-refractivity contribution is 0.459. The van der Waals surface area contributed by atoms with Crippen LogP contribution in [0.1, 0.15) is 0 Å². The number of benzene rings is 6. The van der Waals surface area contributed by atoms with Gasteiger partial charge in [-0.3, -0.25) is 9.11 Å². The normalized spacial score (nSPS) is 13.5. The summed E-state index contributed by atoms with van der Waals surface area (Å²) in [7, 11) is -31.0. The summed E-state index contributed by atoms with van der Waals surface area (Å²) in [4.78, 5) is -4.67. The van der Waals surface area contributed by atoms with Gasteiger partial charge < -0.3 is 0 Å². The van der Waals surface area contributed by atoms with E-state index >= 15 is 0 Å². The van der Waals surface area contributed by atoms with Crippen molar-refractivity contribution in [2.45, 2.75) is 29.4 Å². The highest BCUT2D eigenvalue weighted by atomic mass is 32.3. The molecule has 0 atom stereocenters. The minimum Gasteiger partial charge on any atom is -0.282 e. The lowest BCUT2D eigenvalue weighted by Crippen LogP contribution is -2.16. The summed E-state index contributed by atoms with van der Waals surface area (Å²) in [6, 6.07) is 18.7. The van der Waals surface area contributed by atoms with Crippen LogP contribution in [0, 0.1) is 0 Å². The van der Waals surface area contributed by atoms with Crippen LogP contribution in [0.2, 0.25) is 0 Å². The van der Waals surface area contributed by atoms with E-state index in [-0.39, 0.29) is 21.5 Å². The molecule has 0 aliphatic heterocycles. The van der Waals surface area contributed by atoms with Crippen molar-refractivity contribution in [3.8, 4) is 0 Å². The van der Waals surface area contributed by atoms with E-state index in [4.69, 9.17) is 0 Å². The van der Waals surface area contributed by atoms with Crippen LogP contribution < -0.4 is 0 Å². The summed E-state index contributed by atoms with van der Waals surface area (Å²) in [5.74, 6) is 0. The smallest absolute Gasteiger partial charge is 0.282 e. The average molecular weight is 829 g/mol. The molecule has 2 N–H and O–H groups in total. The Morgan fingerprint density at radius 3 is 0.654 bits per heavy atom. The Hall–Kier alpha value is -4.36. The molecule has 0 aliphatic carbocycles. The van der Waals surface area contributed by atoms with Crippen molar-refractivity contribution in [2.24, 2.45) is 0 Å². The maximum Gasteiger partial charge on any atom is 0.312 e. The number of hydrogen-bond donors (Lipinski definition) is 2. The fourth-order valence-electron chi connectivity index (χ4n) is 5.46. The second-order valence-corrected chi connectivity index (χ2v) is 20.0. The zero-order chi connectivity index (χ0) is 38.1. The van der Waals surface area contributed by atoms with Gasteiger partial charge >= 0.3 is 40.5 Å². The van der Waals surface area contributed by atoms with Gasteiger partial charge in [-0.2, -0.15) is 50.5 Å². The predicted molar refractivity (Wildman–Crippen MR) is 182 cm³/mol. The number of fused-ring (bicyclic) bond motifs is 3. The van der Waals surface area contributed by atoms with Gasteiger partial charge in [-0.25, -0.2) is 0 Å². The topological polar surface area (TPSA) is 264 Å². The van der Waals surface area contributed by atoms with Gasteiger partial charge in [0.25, 0.3) is 20.2 Å². The van der Waals surface area contributed by atoms with E-state index in [1.54, 1.807) is 0 Å². The zero-order valence-electron chi connectivity index (χ0n) is 25.5. The van der Waals surface area contributed by atoms with Crippen LogP contribution >= 0.6 is 0 Å². The highest BCUT2D eigenvalue weighted by molar-refractivity contribution is 8.00. The van der Waals surface area contributed by atoms with E-state index < -0.39 is 101 Å². The maximum absolute atomic E-state index is 13.5. The third-order valence-corrected chi connectivity index (χ3v) is 15.8. The van der Waals surface area contributed by atoms with E-state index in [2.05, 4.69) is 7.26 Å². The molecular formula is C30H20O16S6. The van der Waals surface area contributed by atoms with Crippen molar-refractivity contribution in [2.75, 3.05) is 0 Å². The van der Waals surface area contributed by atoms with Gasteiger partial charge in [-0.05, 0) is 36.4 Å². The molecule has 0 saturated heterocycles. The Bertz CT molecular complexity index is 2960. The Kier molecular flexibility index (Phi) is 9.10. The van der Waals surface area contributed by atoms with E-state index in [0.717, 1.165) is 109 Å². The minimum absolute atomic E-state index is 0.274. The van der Waals surface area contributed by atoms with Crippen molar-refractivity contribution >= 4 is 93.0 Å². The van der Waals surface area contributed by atoms with E-state index in [1.165, 1.54) is 0 Å². The highest BCUT2D eigenvalue weighted by Crippen LogP contribution is 2.36. The molecule has 52 heavy (non-hydrogen) atoms. The first kappa shape index (κ1) is 37.4. The van der Waals surface area contributed by atoms with Gasteiger partial charge in [0.1, 0.15) is 29.4 Å². The summed E-state index contributed by atoms with van der Waals surface area (Å²) >= 11 is 0. The predicted octanol–water partition coefficient (Wildman–Crippen LogP) is 3.83. The quantitative estimate of drug-likeness (QED) is 0.186. The number of hydrogen-bond acceptors (Lipinski definition) is 14. The molecule has 0 fully saturated rings. The molecule has 272 valence electrons. The van der Waals surface area contributed by atoms with Crippen LogP contribution in [0.4, 0.5) is 0 Å². The summed E-state index contributed by atoms with van der Waals surface area (Å²) in [6.07, 6.45) is 0. The fourth-order valence-corrected chi connectivity index (χ4v) is 12.7. The standard InChI is InChI=1S/C30H20O16S6/c31-47(32,33)25-13-1-9-21-19(25)7-3-15-27(21)49(37,38)45-51(41,42)29-17-5-12-24-23(29)11-6-18-30(24)52(43,44)46-50(39,40)28-16-4-8-20-22(28)10-2-14-26(20)48(34,35)36/h1-18H,(H,31,32,33)(H,34,35,36). The molecule has 0 aliphatic rings. The molecule has 0 amide bonds. The Labute approximate surface area is 296 Å². The van der Waals surface area contributed by atoms with Gasteiger partial charge in [0.2, 0.25) is 0 Å². The summed E-state index contributed by atoms with van der Waals surface area (Å²) in [6.45, 7) is 0. The summed E-state index contributed by atoms with van der Waals surface area (Å²) in [5, 5.41) is -2.09. The van der Waals surface area contributed by atoms with Crippen LogP contribution in [0.5, 0.6) is 0 Å². The molecule has 0 heterocycles. The molecule has 0 bridgehead atoms. The summed E-state index contributed by atoms with van der Waals surface area (Å²) < 4.78 is 184. The molecule has 0 aromatic heterocycles. The second-order valence-electron chi connectivity index (χ2n) is 10.7. The fraction of sp³-hybridized carbons (Fsp3) is 0. The molecule has 0 spiro atoms. The molecule has 0 unspecified atom stereocenters. The van der Waals surface area contributed by atoms with Crippen LogP contribution in [0.25, 0.3) is 32.3 Å². The van der Waals surface area contributed by atoms with Crippen LogP contribution in [-0.4, -0.2) is 59.6 Å². The molecule has 16 nitrogen and oxygen atoms in total. The van der Waals surface area contributed by atoms with E-state index in [0.29, 0.717) is 0 Å². The third kappa shape index (κ3) is 6.80. The molecule has 6 aromatic carbocycles. The van der Waals surface area contributed by atoms with Crippen molar-refractivity contribution in [1.82, 2.24) is 0 Å². The largest absolute Gasteiger partial charge is 0.312 e. The van der Waals surface area contributed by atoms with Crippen molar-refractivity contribution in [1.29, 1.82) is 0 Å². The van der Waals surface area contributed by atoms with Gasteiger partial charge in [0.05, 0.1) is 0 Å². The van der Waals surface area contributed by atoms with Crippen LogP contribution in [0.3, 0.4) is 0 Å². The summed E-state index contributed by atoms with van der Waals surface area (Å²) in [5.41, 5.74) is 0. The first-order valence-corrected chi connectivity index (χ1v) is 22.5. The van der Waals surface area contributed by atoms with Gasteiger partial charge in [0, 0.05) is 32.3 Å². The van der Waals surface area contributed by atoms with Crippen molar-refractivity contribution < 1.29 is 66.9 Å². The molecule has 6 rings (SSSR count). The second kappa shape index (κ2) is 12.6. The van der Waals surface area contributed by atoms with Gasteiger partial charge in [-0.1, -0.05) is 72.8 Å².